The highest BCUT2D eigenvalue weighted by atomic mass is 16.7. The van der Waals surface area contributed by atoms with E-state index in [0.717, 1.165) is 16.2 Å². The predicted octanol–water partition coefficient (Wildman–Crippen LogP) is 1.83. The Kier molecular flexibility index (Phi) is 2.82. The van der Waals surface area contributed by atoms with Gasteiger partial charge in [0, 0.05) is 12.3 Å². The fraction of sp³-hybridized carbons (Fsp3) is 0.400. The first kappa shape index (κ1) is 13.4. The van der Waals surface area contributed by atoms with Crippen LogP contribution in [-0.2, 0) is 9.31 Å². The molecule has 2 heterocycles. The molecule has 5 heteroatoms. The highest BCUT2D eigenvalue weighted by Crippen LogP contribution is 2.36. The molecule has 1 aromatic heterocycles. The van der Waals surface area contributed by atoms with Gasteiger partial charge in [0.05, 0.1) is 11.2 Å². The molecule has 4 nitrogen and oxygen atoms in total. The molecule has 1 fully saturated rings. The number of aromatic amines is 1. The minimum absolute atomic E-state index is 0.108. The Morgan fingerprint density at radius 3 is 2.30 bits per heavy atom. The van der Waals surface area contributed by atoms with E-state index in [4.69, 9.17) is 9.31 Å². The third-order valence-corrected chi connectivity index (χ3v) is 4.29. The summed E-state index contributed by atoms with van der Waals surface area (Å²) in [5.74, 6) is 0. The van der Waals surface area contributed by atoms with Crippen molar-refractivity contribution < 1.29 is 9.31 Å². The fourth-order valence-electron chi connectivity index (χ4n) is 2.31. The van der Waals surface area contributed by atoms with E-state index in [1.54, 1.807) is 12.3 Å². The highest BCUT2D eigenvalue weighted by molar-refractivity contribution is 6.62. The van der Waals surface area contributed by atoms with Gasteiger partial charge in [-0.25, -0.2) is 0 Å². The molecule has 0 bridgehead atoms. The third-order valence-electron chi connectivity index (χ3n) is 4.29. The van der Waals surface area contributed by atoms with Crippen LogP contribution in [0.5, 0.6) is 0 Å². The number of H-pyrrole nitrogens is 1. The molecule has 0 amide bonds. The van der Waals surface area contributed by atoms with Crippen LogP contribution in [0.4, 0.5) is 0 Å². The van der Waals surface area contributed by atoms with Crippen LogP contribution in [0.2, 0.25) is 0 Å². The molecule has 0 atom stereocenters. The second-order valence-electron chi connectivity index (χ2n) is 6.27. The second kappa shape index (κ2) is 4.20. The molecule has 1 aliphatic heterocycles. The summed E-state index contributed by atoms with van der Waals surface area (Å²) in [6, 6.07) is 7.48. The number of fused-ring (bicyclic) bond motifs is 1. The molecule has 0 saturated carbocycles. The SMILES string of the molecule is CC1(C)OB(c2ccc3c[nH]c(=O)cc3c2)OC1(C)C. The van der Waals surface area contributed by atoms with Crippen LogP contribution < -0.4 is 11.0 Å². The molecule has 1 aromatic carbocycles. The number of hydrogen-bond acceptors (Lipinski definition) is 3. The van der Waals surface area contributed by atoms with Crippen molar-refractivity contribution in [2.24, 2.45) is 0 Å². The number of rotatable bonds is 1. The van der Waals surface area contributed by atoms with Crippen molar-refractivity contribution in [1.82, 2.24) is 4.98 Å². The fourth-order valence-corrected chi connectivity index (χ4v) is 2.31. The molecule has 1 saturated heterocycles. The van der Waals surface area contributed by atoms with E-state index in [1.807, 2.05) is 45.9 Å². The normalized spacial score (nSPS) is 20.5. The van der Waals surface area contributed by atoms with Crippen molar-refractivity contribution in [2.75, 3.05) is 0 Å². The van der Waals surface area contributed by atoms with E-state index in [9.17, 15) is 4.79 Å². The van der Waals surface area contributed by atoms with Gasteiger partial charge in [-0.15, -0.1) is 0 Å². The maximum absolute atomic E-state index is 11.4. The van der Waals surface area contributed by atoms with E-state index in [0.29, 0.717) is 0 Å². The molecule has 1 aliphatic rings. The average Bonchev–Trinajstić information content (AvgIpc) is 2.57. The Bertz CT molecular complexity index is 704. The monoisotopic (exact) mass is 271 g/mol. The van der Waals surface area contributed by atoms with Gasteiger partial charge in [-0.2, -0.15) is 0 Å². The molecule has 0 spiro atoms. The van der Waals surface area contributed by atoms with Crippen molar-refractivity contribution in [3.8, 4) is 0 Å². The smallest absolute Gasteiger partial charge is 0.399 e. The Hall–Kier alpha value is -1.59. The lowest BCUT2D eigenvalue weighted by atomic mass is 9.78. The van der Waals surface area contributed by atoms with Crippen LogP contribution in [0.1, 0.15) is 27.7 Å². The summed E-state index contributed by atoms with van der Waals surface area (Å²) in [4.78, 5) is 14.1. The van der Waals surface area contributed by atoms with Crippen LogP contribution in [-0.4, -0.2) is 23.3 Å². The summed E-state index contributed by atoms with van der Waals surface area (Å²) in [6.07, 6.45) is 1.71. The van der Waals surface area contributed by atoms with Crippen LogP contribution >= 0.6 is 0 Å². The standard InChI is InChI=1S/C15H18BNO3/c1-14(2)15(3,4)20-16(19-14)12-6-5-10-9-17-13(18)8-11(10)7-12/h5-9H,1-4H3,(H,17,18). The van der Waals surface area contributed by atoms with Crippen molar-refractivity contribution in [3.05, 3.63) is 40.8 Å². The van der Waals surface area contributed by atoms with Crippen LogP contribution in [0, 0.1) is 0 Å². The van der Waals surface area contributed by atoms with Crippen LogP contribution in [0.25, 0.3) is 10.8 Å². The summed E-state index contributed by atoms with van der Waals surface area (Å²) in [7, 11) is -0.399. The van der Waals surface area contributed by atoms with Gasteiger partial charge in [-0.3, -0.25) is 4.79 Å². The molecule has 3 rings (SSSR count). The zero-order chi connectivity index (χ0) is 14.5. The van der Waals surface area contributed by atoms with Crippen molar-refractivity contribution >= 4 is 23.4 Å². The first-order valence-corrected chi connectivity index (χ1v) is 6.77. The topological polar surface area (TPSA) is 51.3 Å². The van der Waals surface area contributed by atoms with E-state index in [2.05, 4.69) is 4.98 Å². The van der Waals surface area contributed by atoms with E-state index in [-0.39, 0.29) is 16.8 Å². The molecule has 0 unspecified atom stereocenters. The Labute approximate surface area is 118 Å². The number of aromatic nitrogens is 1. The number of hydrogen-bond donors (Lipinski definition) is 1. The lowest BCUT2D eigenvalue weighted by Gasteiger charge is -2.32. The summed E-state index contributed by atoms with van der Waals surface area (Å²) in [6.45, 7) is 8.11. The number of benzene rings is 1. The lowest BCUT2D eigenvalue weighted by Crippen LogP contribution is -2.41. The van der Waals surface area contributed by atoms with Gasteiger partial charge in [0.15, 0.2) is 0 Å². The third kappa shape index (κ3) is 2.07. The lowest BCUT2D eigenvalue weighted by molar-refractivity contribution is 0.00578. The molecule has 1 N–H and O–H groups in total. The molecule has 0 radical (unpaired) electrons. The van der Waals surface area contributed by atoms with E-state index in [1.165, 1.54) is 0 Å². The van der Waals surface area contributed by atoms with E-state index >= 15 is 0 Å². The molecule has 104 valence electrons. The van der Waals surface area contributed by atoms with Gasteiger partial charge in [-0.1, -0.05) is 18.2 Å². The van der Waals surface area contributed by atoms with Gasteiger partial charge >= 0.3 is 7.12 Å². The Balaban J connectivity index is 2.02. The Morgan fingerprint density at radius 1 is 1.00 bits per heavy atom. The predicted molar refractivity (Wildman–Crippen MR) is 80.3 cm³/mol. The average molecular weight is 271 g/mol. The minimum Gasteiger partial charge on any atom is -0.399 e. The van der Waals surface area contributed by atoms with Crippen molar-refractivity contribution in [3.63, 3.8) is 0 Å². The Morgan fingerprint density at radius 2 is 1.65 bits per heavy atom. The van der Waals surface area contributed by atoms with Gasteiger partial charge in [-0.05, 0) is 43.9 Å². The zero-order valence-corrected chi connectivity index (χ0v) is 12.2. The van der Waals surface area contributed by atoms with Gasteiger partial charge in [0.1, 0.15) is 0 Å². The maximum atomic E-state index is 11.4. The molecule has 0 aliphatic carbocycles. The number of pyridine rings is 1. The summed E-state index contributed by atoms with van der Waals surface area (Å²) >= 11 is 0. The van der Waals surface area contributed by atoms with Crippen molar-refractivity contribution in [2.45, 2.75) is 38.9 Å². The molecular formula is C15H18BNO3. The maximum Gasteiger partial charge on any atom is 0.494 e. The summed E-state index contributed by atoms with van der Waals surface area (Å²) in [5.41, 5.74) is 0.104. The van der Waals surface area contributed by atoms with Gasteiger partial charge in [0.25, 0.3) is 0 Å². The molecular weight excluding hydrogens is 253 g/mol. The first-order valence-electron chi connectivity index (χ1n) is 6.77. The van der Waals surface area contributed by atoms with Gasteiger partial charge in [0.2, 0.25) is 5.56 Å². The first-order chi connectivity index (χ1) is 9.28. The number of nitrogens with one attached hydrogen (secondary N) is 1. The quantitative estimate of drug-likeness (QED) is 0.805. The summed E-state index contributed by atoms with van der Waals surface area (Å²) in [5, 5.41) is 1.88. The molecule has 2 aromatic rings. The largest absolute Gasteiger partial charge is 0.494 e. The second-order valence-corrected chi connectivity index (χ2v) is 6.27. The van der Waals surface area contributed by atoms with Gasteiger partial charge < -0.3 is 14.3 Å². The molecule has 20 heavy (non-hydrogen) atoms. The van der Waals surface area contributed by atoms with Crippen LogP contribution in [0.15, 0.2) is 35.3 Å². The minimum atomic E-state index is -0.399. The summed E-state index contributed by atoms with van der Waals surface area (Å²) < 4.78 is 12.0. The zero-order valence-electron chi connectivity index (χ0n) is 12.2. The van der Waals surface area contributed by atoms with E-state index < -0.39 is 7.12 Å². The highest BCUT2D eigenvalue weighted by Gasteiger charge is 2.51. The van der Waals surface area contributed by atoms with Crippen LogP contribution in [0.3, 0.4) is 0 Å². The van der Waals surface area contributed by atoms with Crippen molar-refractivity contribution in [1.29, 1.82) is 0 Å².